The first-order valence-corrected chi connectivity index (χ1v) is 10.1. The number of carbonyl (C=O) groups excluding carboxylic acids is 2. The number of nitrogens with one attached hydrogen (secondary N) is 2. The Labute approximate surface area is 172 Å². The van der Waals surface area contributed by atoms with E-state index in [-0.39, 0.29) is 6.04 Å². The molecule has 6 heteroatoms. The minimum atomic E-state index is -0.651. The quantitative estimate of drug-likeness (QED) is 0.740. The van der Waals surface area contributed by atoms with Crippen molar-refractivity contribution in [1.29, 1.82) is 0 Å². The van der Waals surface area contributed by atoms with Gasteiger partial charge in [0.2, 0.25) is 0 Å². The highest BCUT2D eigenvalue weighted by molar-refractivity contribution is 6.39. The van der Waals surface area contributed by atoms with E-state index in [0.29, 0.717) is 12.2 Å². The number of hydrogen-bond donors (Lipinski definition) is 2. The zero-order chi connectivity index (χ0) is 21.0. The van der Waals surface area contributed by atoms with Crippen molar-refractivity contribution in [3.05, 3.63) is 59.2 Å². The van der Waals surface area contributed by atoms with Crippen LogP contribution in [-0.4, -0.2) is 50.9 Å². The highest BCUT2D eigenvalue weighted by Crippen LogP contribution is 2.30. The van der Waals surface area contributed by atoms with Gasteiger partial charge in [-0.15, -0.1) is 0 Å². The molecule has 29 heavy (non-hydrogen) atoms. The monoisotopic (exact) mass is 394 g/mol. The van der Waals surface area contributed by atoms with Gasteiger partial charge in [-0.1, -0.05) is 31.2 Å². The lowest BCUT2D eigenvalue weighted by molar-refractivity contribution is -0.136. The molecule has 6 nitrogen and oxygen atoms in total. The number of anilines is 2. The van der Waals surface area contributed by atoms with E-state index in [1.807, 2.05) is 38.4 Å². The second-order valence-corrected chi connectivity index (χ2v) is 7.75. The summed E-state index contributed by atoms with van der Waals surface area (Å²) in [6.45, 7) is 3.46. The molecule has 0 saturated heterocycles. The lowest BCUT2D eigenvalue weighted by Crippen LogP contribution is -2.40. The van der Waals surface area contributed by atoms with Crippen LogP contribution in [0, 0.1) is 0 Å². The number of likely N-dealkylation sites (N-methyl/N-ethyl adjacent to an activating group) is 2. The first-order valence-electron chi connectivity index (χ1n) is 10.1. The normalized spacial score (nSPS) is 13.9. The van der Waals surface area contributed by atoms with Crippen molar-refractivity contribution in [3.63, 3.8) is 0 Å². The van der Waals surface area contributed by atoms with Gasteiger partial charge in [0.1, 0.15) is 0 Å². The highest BCUT2D eigenvalue weighted by atomic mass is 16.2. The lowest BCUT2D eigenvalue weighted by atomic mass is 10.0. The number of rotatable bonds is 6. The number of benzene rings is 2. The van der Waals surface area contributed by atoms with Crippen molar-refractivity contribution in [1.82, 2.24) is 10.2 Å². The second kappa shape index (κ2) is 9.09. The first-order chi connectivity index (χ1) is 13.9. The minimum absolute atomic E-state index is 0.00760. The molecule has 0 bridgehead atoms. The molecule has 1 aliphatic heterocycles. The molecule has 154 valence electrons. The van der Waals surface area contributed by atoms with Crippen LogP contribution in [0.15, 0.2) is 42.5 Å². The Morgan fingerprint density at radius 1 is 1.10 bits per heavy atom. The summed E-state index contributed by atoms with van der Waals surface area (Å²) in [5, 5.41) is 5.43. The molecule has 0 radical (unpaired) electrons. The van der Waals surface area contributed by atoms with E-state index < -0.39 is 11.8 Å². The summed E-state index contributed by atoms with van der Waals surface area (Å²) in [7, 11) is 6.06. The molecule has 0 fully saturated rings. The molecule has 1 heterocycles. The zero-order valence-corrected chi connectivity index (χ0v) is 17.7. The van der Waals surface area contributed by atoms with Crippen molar-refractivity contribution in [3.8, 4) is 0 Å². The number of nitrogens with zero attached hydrogens (tertiary/aromatic N) is 2. The van der Waals surface area contributed by atoms with Gasteiger partial charge in [0, 0.05) is 31.5 Å². The van der Waals surface area contributed by atoms with Crippen LogP contribution in [0.4, 0.5) is 11.4 Å². The topological polar surface area (TPSA) is 64.7 Å². The van der Waals surface area contributed by atoms with Gasteiger partial charge in [-0.3, -0.25) is 9.59 Å². The van der Waals surface area contributed by atoms with E-state index in [4.69, 9.17) is 0 Å². The SMILES string of the molecule is CCc1ccc(NC(=O)C(=O)NC[C@H](c2ccc3c(c2)CCN3C)N(C)C)cc1. The van der Waals surface area contributed by atoms with Crippen molar-refractivity contribution in [2.75, 3.05) is 44.4 Å². The average molecular weight is 395 g/mol. The third-order valence-corrected chi connectivity index (χ3v) is 5.52. The molecule has 0 aromatic heterocycles. The predicted molar refractivity (Wildman–Crippen MR) is 117 cm³/mol. The predicted octanol–water partition coefficient (Wildman–Crippen LogP) is 2.60. The van der Waals surface area contributed by atoms with Crippen LogP contribution < -0.4 is 15.5 Å². The number of amides is 2. The Kier molecular flexibility index (Phi) is 6.54. The molecule has 1 atom stereocenters. The van der Waals surface area contributed by atoms with E-state index in [1.165, 1.54) is 16.8 Å². The van der Waals surface area contributed by atoms with E-state index in [0.717, 1.165) is 24.9 Å². The van der Waals surface area contributed by atoms with Gasteiger partial charge in [0.25, 0.3) is 0 Å². The molecule has 2 aromatic rings. The van der Waals surface area contributed by atoms with Gasteiger partial charge in [0.15, 0.2) is 0 Å². The van der Waals surface area contributed by atoms with Gasteiger partial charge >= 0.3 is 11.8 Å². The fraction of sp³-hybridized carbons (Fsp3) is 0.391. The van der Waals surface area contributed by atoms with Gasteiger partial charge < -0.3 is 20.4 Å². The molecule has 0 aliphatic carbocycles. The smallest absolute Gasteiger partial charge is 0.313 e. The summed E-state index contributed by atoms with van der Waals surface area (Å²) in [6, 6.07) is 14.0. The Balaban J connectivity index is 1.61. The molecular formula is C23H30N4O2. The second-order valence-electron chi connectivity index (χ2n) is 7.75. The molecule has 2 aromatic carbocycles. The maximum atomic E-state index is 12.3. The van der Waals surface area contributed by atoms with Crippen LogP contribution >= 0.6 is 0 Å². The summed E-state index contributed by atoms with van der Waals surface area (Å²) < 4.78 is 0. The van der Waals surface area contributed by atoms with Crippen LogP contribution in [0.25, 0.3) is 0 Å². The third-order valence-electron chi connectivity index (χ3n) is 5.52. The molecule has 3 rings (SSSR count). The van der Waals surface area contributed by atoms with Crippen molar-refractivity contribution in [2.24, 2.45) is 0 Å². The van der Waals surface area contributed by atoms with Gasteiger partial charge in [-0.2, -0.15) is 0 Å². The van der Waals surface area contributed by atoms with Gasteiger partial charge in [-0.25, -0.2) is 0 Å². The van der Waals surface area contributed by atoms with Crippen LogP contribution in [0.3, 0.4) is 0 Å². The maximum Gasteiger partial charge on any atom is 0.313 e. The fourth-order valence-electron chi connectivity index (χ4n) is 3.67. The van der Waals surface area contributed by atoms with Crippen LogP contribution in [0.1, 0.15) is 29.7 Å². The summed E-state index contributed by atoms with van der Waals surface area (Å²) in [5.74, 6) is -1.28. The van der Waals surface area contributed by atoms with Crippen molar-refractivity contribution in [2.45, 2.75) is 25.8 Å². The summed E-state index contributed by atoms with van der Waals surface area (Å²) >= 11 is 0. The van der Waals surface area contributed by atoms with Crippen molar-refractivity contribution < 1.29 is 9.59 Å². The summed E-state index contributed by atoms with van der Waals surface area (Å²) in [4.78, 5) is 28.9. The van der Waals surface area contributed by atoms with Crippen LogP contribution in [0.2, 0.25) is 0 Å². The van der Waals surface area contributed by atoms with E-state index in [1.54, 1.807) is 0 Å². The fourth-order valence-corrected chi connectivity index (χ4v) is 3.67. The standard InChI is InChI=1S/C23H30N4O2/c1-5-16-6-9-19(10-7-16)25-23(29)22(28)24-15-21(26(2)3)17-8-11-20-18(14-17)12-13-27(20)4/h6-11,14,21H,5,12-13,15H2,1-4H3,(H,24,28)(H,25,29)/t21-/m1/s1. The molecular weight excluding hydrogens is 364 g/mol. The molecule has 2 amide bonds. The Morgan fingerprint density at radius 2 is 1.83 bits per heavy atom. The lowest BCUT2D eigenvalue weighted by Gasteiger charge is -2.26. The molecule has 1 aliphatic rings. The number of carbonyl (C=O) groups is 2. The van der Waals surface area contributed by atoms with Gasteiger partial charge in [0.05, 0.1) is 6.04 Å². The molecule has 0 saturated carbocycles. The Hall–Kier alpha value is -2.86. The number of hydrogen-bond acceptors (Lipinski definition) is 4. The number of aryl methyl sites for hydroxylation is 1. The first kappa shape index (κ1) is 20.9. The van der Waals surface area contributed by atoms with Crippen LogP contribution in [-0.2, 0) is 22.4 Å². The Morgan fingerprint density at radius 3 is 2.48 bits per heavy atom. The summed E-state index contributed by atoms with van der Waals surface area (Å²) in [6.07, 6.45) is 1.96. The average Bonchev–Trinajstić information content (AvgIpc) is 3.08. The van der Waals surface area contributed by atoms with Crippen LogP contribution in [0.5, 0.6) is 0 Å². The molecule has 0 unspecified atom stereocenters. The Bertz CT molecular complexity index is 877. The van der Waals surface area contributed by atoms with Gasteiger partial charge in [-0.05, 0) is 61.8 Å². The van der Waals surface area contributed by atoms with E-state index in [2.05, 4.69) is 52.6 Å². The maximum absolute atomic E-state index is 12.3. The van der Waals surface area contributed by atoms with E-state index >= 15 is 0 Å². The highest BCUT2D eigenvalue weighted by Gasteiger charge is 2.22. The summed E-state index contributed by atoms with van der Waals surface area (Å²) in [5.41, 5.74) is 5.54. The largest absolute Gasteiger partial charge is 0.374 e. The van der Waals surface area contributed by atoms with E-state index in [9.17, 15) is 9.59 Å². The molecule has 0 spiro atoms. The number of fused-ring (bicyclic) bond motifs is 1. The minimum Gasteiger partial charge on any atom is -0.374 e. The van der Waals surface area contributed by atoms with Crippen molar-refractivity contribution >= 4 is 23.2 Å². The molecule has 2 N–H and O–H groups in total. The zero-order valence-electron chi connectivity index (χ0n) is 17.7. The third kappa shape index (κ3) is 4.95.